The topological polar surface area (TPSA) is 248 Å². The molecule has 2 aromatic heterocycles. The average molecular weight is 680 g/mol. The van der Waals surface area contributed by atoms with E-state index in [1.54, 1.807) is 0 Å². The van der Waals surface area contributed by atoms with Crippen molar-refractivity contribution in [1.29, 1.82) is 0 Å². The standard InChI is InChI=1S/C17H27IN6O11P2/c18-6-11(25)19-4-2-1-3-5-20-15-12-16(22-8-21-15)24(9-23-12)17-14(27)13(26)10(34-17)7-33-37(31,32)35-36(28,29)30/h8-10,13-14,17,26-27H,1-7H2,(H,19,25)(H,31,32)(H,20,21,22)(H2,28,29,30)/t10-,13-,14-,17-/m1/s1. The smallest absolute Gasteiger partial charge is 0.387 e. The Balaban J connectivity index is 1.59. The minimum atomic E-state index is -5.32. The minimum absolute atomic E-state index is 0.00252. The van der Waals surface area contributed by atoms with E-state index in [-0.39, 0.29) is 11.6 Å². The summed E-state index contributed by atoms with van der Waals surface area (Å²) >= 11 is 2.00. The Morgan fingerprint density at radius 1 is 1.11 bits per heavy atom. The van der Waals surface area contributed by atoms with Gasteiger partial charge in [0.1, 0.15) is 24.6 Å². The monoisotopic (exact) mass is 680 g/mol. The van der Waals surface area contributed by atoms with Gasteiger partial charge in [-0.15, -0.1) is 0 Å². The molecule has 0 aliphatic carbocycles. The van der Waals surface area contributed by atoms with Gasteiger partial charge in [0.25, 0.3) is 0 Å². The fourth-order valence-electron chi connectivity index (χ4n) is 3.50. The number of hydrogen-bond acceptors (Lipinski definition) is 12. The van der Waals surface area contributed by atoms with Gasteiger partial charge in [-0.25, -0.2) is 24.1 Å². The number of imidazole rings is 1. The van der Waals surface area contributed by atoms with Crippen molar-refractivity contribution in [1.82, 2.24) is 24.8 Å². The highest BCUT2D eigenvalue weighted by Crippen LogP contribution is 2.57. The first kappa shape index (κ1) is 30.2. The van der Waals surface area contributed by atoms with Gasteiger partial charge in [0, 0.05) is 13.1 Å². The van der Waals surface area contributed by atoms with E-state index in [0.29, 0.717) is 28.9 Å². The highest BCUT2D eigenvalue weighted by atomic mass is 127. The van der Waals surface area contributed by atoms with Crippen molar-refractivity contribution in [3.8, 4) is 0 Å². The van der Waals surface area contributed by atoms with Gasteiger partial charge in [-0.05, 0) is 19.3 Å². The van der Waals surface area contributed by atoms with Crippen LogP contribution in [-0.4, -0.2) is 92.8 Å². The van der Waals surface area contributed by atoms with E-state index in [2.05, 4.69) is 34.4 Å². The number of rotatable bonds is 14. The van der Waals surface area contributed by atoms with Crippen LogP contribution in [0.5, 0.6) is 0 Å². The molecule has 0 spiro atoms. The Hall–Kier alpha value is -1.31. The van der Waals surface area contributed by atoms with Crippen LogP contribution in [0.25, 0.3) is 11.2 Å². The second kappa shape index (κ2) is 13.2. The predicted octanol–water partition coefficient (Wildman–Crippen LogP) is -0.195. The number of fused-ring (bicyclic) bond motifs is 1. The minimum Gasteiger partial charge on any atom is -0.387 e. The molecule has 1 amide bonds. The summed E-state index contributed by atoms with van der Waals surface area (Å²) in [6, 6.07) is 0. The Morgan fingerprint density at radius 3 is 2.54 bits per heavy atom. The molecule has 20 heteroatoms. The number of unbranched alkanes of at least 4 members (excludes halogenated alkanes) is 2. The zero-order valence-electron chi connectivity index (χ0n) is 19.2. The lowest BCUT2D eigenvalue weighted by molar-refractivity contribution is -0.118. The van der Waals surface area contributed by atoms with Gasteiger partial charge in [-0.3, -0.25) is 13.9 Å². The van der Waals surface area contributed by atoms with Crippen LogP contribution < -0.4 is 10.6 Å². The molecule has 1 fully saturated rings. The number of aliphatic hydroxyl groups is 2. The van der Waals surface area contributed by atoms with E-state index in [4.69, 9.17) is 14.5 Å². The second-order valence-electron chi connectivity index (χ2n) is 7.90. The summed E-state index contributed by atoms with van der Waals surface area (Å²) < 4.78 is 38.0. The molecule has 0 saturated carbocycles. The van der Waals surface area contributed by atoms with E-state index in [0.717, 1.165) is 19.3 Å². The predicted molar refractivity (Wildman–Crippen MR) is 134 cm³/mol. The van der Waals surface area contributed by atoms with Crippen LogP contribution in [0.4, 0.5) is 5.82 Å². The van der Waals surface area contributed by atoms with Gasteiger partial charge < -0.3 is 40.3 Å². The lowest BCUT2D eigenvalue weighted by atomic mass is 10.1. The molecule has 37 heavy (non-hydrogen) atoms. The molecule has 1 unspecified atom stereocenters. The van der Waals surface area contributed by atoms with Crippen molar-refractivity contribution < 1.29 is 52.4 Å². The van der Waals surface area contributed by atoms with Gasteiger partial charge in [0.2, 0.25) is 5.91 Å². The first-order valence-corrected chi connectivity index (χ1v) is 15.5. The van der Waals surface area contributed by atoms with Crippen LogP contribution >= 0.6 is 38.2 Å². The summed E-state index contributed by atoms with van der Waals surface area (Å²) in [5.41, 5.74) is 0.645. The normalized spacial score (nSPS) is 23.7. The molecule has 17 nitrogen and oxygen atoms in total. The number of carbonyl (C=O) groups is 1. The number of phosphoric ester groups is 1. The van der Waals surface area contributed by atoms with Crippen LogP contribution in [0.1, 0.15) is 25.5 Å². The molecular weight excluding hydrogens is 653 g/mol. The Labute approximate surface area is 223 Å². The first-order valence-electron chi connectivity index (χ1n) is 10.9. The van der Waals surface area contributed by atoms with Crippen molar-refractivity contribution in [3.05, 3.63) is 12.7 Å². The fourth-order valence-corrected chi connectivity index (χ4v) is 5.37. The van der Waals surface area contributed by atoms with Crippen molar-refractivity contribution in [2.24, 2.45) is 0 Å². The number of nitrogens with zero attached hydrogens (tertiary/aromatic N) is 4. The molecule has 2 aromatic rings. The molecule has 208 valence electrons. The second-order valence-corrected chi connectivity index (χ2v) is 11.5. The quantitative estimate of drug-likeness (QED) is 0.0591. The number of aliphatic hydroxyl groups excluding tert-OH is 2. The molecule has 5 atom stereocenters. The number of anilines is 1. The summed E-state index contributed by atoms with van der Waals surface area (Å²) in [4.78, 5) is 50.6. The number of nitrogens with one attached hydrogen (secondary N) is 2. The molecule has 0 radical (unpaired) electrons. The van der Waals surface area contributed by atoms with Crippen molar-refractivity contribution in [2.75, 3.05) is 29.4 Å². The maximum Gasteiger partial charge on any atom is 0.481 e. The van der Waals surface area contributed by atoms with Gasteiger partial charge in [0.05, 0.1) is 17.4 Å². The SMILES string of the molecule is O=C(CI)NCCCCCNc1ncnc2c1ncn2[C@@H]1O[C@H](COP(=O)(O)OP(=O)(O)O)[C@@H](O)[C@H]1O. The number of aromatic nitrogens is 4. The number of carbonyl (C=O) groups excluding carboxylic acids is 1. The van der Waals surface area contributed by atoms with Crippen molar-refractivity contribution in [2.45, 2.75) is 43.8 Å². The highest BCUT2D eigenvalue weighted by Gasteiger charge is 2.46. The summed E-state index contributed by atoms with van der Waals surface area (Å²) in [6.45, 7) is 0.370. The van der Waals surface area contributed by atoms with E-state index >= 15 is 0 Å². The maximum absolute atomic E-state index is 11.7. The zero-order valence-corrected chi connectivity index (χ0v) is 23.1. The number of hydrogen-bond donors (Lipinski definition) is 7. The van der Waals surface area contributed by atoms with E-state index < -0.39 is 46.8 Å². The number of ether oxygens (including phenoxy) is 1. The van der Waals surface area contributed by atoms with Crippen molar-refractivity contribution in [3.63, 3.8) is 0 Å². The van der Waals surface area contributed by atoms with Crippen LogP contribution in [0.15, 0.2) is 12.7 Å². The van der Waals surface area contributed by atoms with Gasteiger partial charge in [-0.1, -0.05) is 22.6 Å². The Kier molecular flexibility index (Phi) is 10.8. The molecule has 0 aromatic carbocycles. The Bertz CT molecular complexity index is 1170. The molecule has 0 bridgehead atoms. The molecule has 3 rings (SSSR count). The zero-order chi connectivity index (χ0) is 27.2. The summed E-state index contributed by atoms with van der Waals surface area (Å²) in [5.74, 6) is 0.438. The molecule has 1 saturated heterocycles. The molecule has 7 N–H and O–H groups in total. The van der Waals surface area contributed by atoms with Crippen LogP contribution in [0.2, 0.25) is 0 Å². The van der Waals surface area contributed by atoms with E-state index in [1.807, 2.05) is 22.6 Å². The number of amides is 1. The van der Waals surface area contributed by atoms with Gasteiger partial charge in [0.15, 0.2) is 23.2 Å². The van der Waals surface area contributed by atoms with Crippen LogP contribution in [0, 0.1) is 0 Å². The largest absolute Gasteiger partial charge is 0.481 e. The lowest BCUT2D eigenvalue weighted by Gasteiger charge is -2.17. The average Bonchev–Trinajstić information content (AvgIpc) is 3.37. The summed E-state index contributed by atoms with van der Waals surface area (Å²) in [6.07, 6.45) is -0.552. The molecule has 3 heterocycles. The molecular formula is C17H27IN6O11P2. The molecule has 1 aliphatic heterocycles. The number of alkyl halides is 1. The third-order valence-corrected chi connectivity index (χ3v) is 8.02. The van der Waals surface area contributed by atoms with E-state index in [9.17, 15) is 29.0 Å². The van der Waals surface area contributed by atoms with Crippen LogP contribution in [0.3, 0.4) is 0 Å². The van der Waals surface area contributed by atoms with Crippen molar-refractivity contribution >= 4 is 61.1 Å². The van der Waals surface area contributed by atoms with Crippen LogP contribution in [-0.2, 0) is 27.5 Å². The van der Waals surface area contributed by atoms with Gasteiger partial charge in [-0.2, -0.15) is 4.31 Å². The third kappa shape index (κ3) is 8.59. The van der Waals surface area contributed by atoms with Gasteiger partial charge >= 0.3 is 15.6 Å². The number of halogens is 1. The maximum atomic E-state index is 11.7. The van der Waals surface area contributed by atoms with E-state index in [1.165, 1.54) is 17.2 Å². The summed E-state index contributed by atoms with van der Waals surface area (Å²) in [5, 5.41) is 26.8. The number of phosphoric acid groups is 2. The fraction of sp³-hybridized carbons (Fsp3) is 0.647. The molecule has 1 aliphatic rings. The first-order chi connectivity index (χ1) is 17.4. The summed E-state index contributed by atoms with van der Waals surface area (Å²) in [7, 11) is -10.5. The lowest BCUT2D eigenvalue weighted by Crippen LogP contribution is -2.33. The highest BCUT2D eigenvalue weighted by molar-refractivity contribution is 14.1. The third-order valence-electron chi connectivity index (χ3n) is 5.17. The Morgan fingerprint density at radius 2 is 1.84 bits per heavy atom.